The van der Waals surface area contributed by atoms with E-state index in [1.165, 1.54) is 4.90 Å². The predicted molar refractivity (Wildman–Crippen MR) is 70.9 cm³/mol. The molecule has 1 aromatic rings. The van der Waals surface area contributed by atoms with Gasteiger partial charge in [-0.25, -0.2) is 4.90 Å². The van der Waals surface area contributed by atoms with Crippen molar-refractivity contribution < 1.29 is 9.59 Å². The molecule has 2 fully saturated rings. The molecule has 2 aliphatic heterocycles. The lowest BCUT2D eigenvalue weighted by Crippen LogP contribution is -2.31. The predicted octanol–water partition coefficient (Wildman–Crippen LogP) is 2.30. The molecule has 3 nitrogen and oxygen atoms in total. The number of carbonyl (C=O) groups is 2. The molecule has 2 atom stereocenters. The van der Waals surface area contributed by atoms with Crippen LogP contribution in [-0.2, 0) is 9.59 Å². The number of thioether (sulfide) groups is 1. The van der Waals surface area contributed by atoms with E-state index in [0.717, 1.165) is 16.0 Å². The number of hydrogen-bond donors (Lipinski definition) is 0. The summed E-state index contributed by atoms with van der Waals surface area (Å²) in [5, 5.41) is 0. The highest BCUT2D eigenvalue weighted by atomic mass is 79.9. The highest BCUT2D eigenvalue weighted by Crippen LogP contribution is 2.40. The minimum Gasteiger partial charge on any atom is -0.274 e. The number of carbonyl (C=O) groups excluding carboxylic acids is 2. The van der Waals surface area contributed by atoms with Crippen molar-refractivity contribution in [2.45, 2.75) is 0 Å². The molecule has 3 rings (SSSR count). The fourth-order valence-corrected chi connectivity index (χ4v) is 4.13. The largest absolute Gasteiger partial charge is 0.274 e. The third-order valence-corrected chi connectivity index (χ3v) is 4.90. The van der Waals surface area contributed by atoms with Crippen molar-refractivity contribution in [3.05, 3.63) is 28.7 Å². The van der Waals surface area contributed by atoms with Gasteiger partial charge in [0.15, 0.2) is 0 Å². The van der Waals surface area contributed by atoms with Crippen molar-refractivity contribution in [2.24, 2.45) is 11.8 Å². The van der Waals surface area contributed by atoms with Crippen LogP contribution >= 0.6 is 27.7 Å². The van der Waals surface area contributed by atoms with Crippen molar-refractivity contribution in [1.82, 2.24) is 0 Å². The SMILES string of the molecule is O=C1[C@H]2CSC[C@H]2C(=O)N1c1cccc(Br)c1. The Bertz CT molecular complexity index is 483. The second kappa shape index (κ2) is 4.14. The van der Waals surface area contributed by atoms with Crippen molar-refractivity contribution in [1.29, 1.82) is 0 Å². The van der Waals surface area contributed by atoms with Gasteiger partial charge in [0.05, 0.1) is 17.5 Å². The lowest BCUT2D eigenvalue weighted by atomic mass is 10.00. The normalized spacial score (nSPS) is 27.7. The molecule has 0 radical (unpaired) electrons. The highest BCUT2D eigenvalue weighted by molar-refractivity contribution is 9.10. The van der Waals surface area contributed by atoms with Gasteiger partial charge in [0.25, 0.3) is 0 Å². The Balaban J connectivity index is 1.99. The molecule has 0 bridgehead atoms. The van der Waals surface area contributed by atoms with E-state index in [-0.39, 0.29) is 23.7 Å². The summed E-state index contributed by atoms with van der Waals surface area (Å²) in [5.74, 6) is 1.27. The lowest BCUT2D eigenvalue weighted by Gasteiger charge is -2.15. The minimum atomic E-state index is -0.105. The minimum absolute atomic E-state index is 0.0388. The van der Waals surface area contributed by atoms with Crippen LogP contribution in [0.5, 0.6) is 0 Å². The molecule has 2 amide bonds. The Morgan fingerprint density at radius 2 is 1.82 bits per heavy atom. The van der Waals surface area contributed by atoms with Crippen LogP contribution in [0.1, 0.15) is 0 Å². The number of fused-ring (bicyclic) bond motifs is 1. The molecule has 1 aromatic carbocycles. The first-order valence-corrected chi connectivity index (χ1v) is 7.34. The molecule has 0 unspecified atom stereocenters. The smallest absolute Gasteiger partial charge is 0.238 e. The van der Waals surface area contributed by atoms with Crippen molar-refractivity contribution >= 4 is 45.2 Å². The number of anilines is 1. The molecule has 0 aliphatic carbocycles. The van der Waals surface area contributed by atoms with E-state index in [0.29, 0.717) is 5.69 Å². The maximum atomic E-state index is 12.2. The summed E-state index contributed by atoms with van der Waals surface area (Å²) >= 11 is 5.05. The van der Waals surface area contributed by atoms with E-state index >= 15 is 0 Å². The van der Waals surface area contributed by atoms with Gasteiger partial charge in [-0.1, -0.05) is 22.0 Å². The summed E-state index contributed by atoms with van der Waals surface area (Å²) in [6, 6.07) is 7.33. The van der Waals surface area contributed by atoms with Crippen LogP contribution in [0.15, 0.2) is 28.7 Å². The Morgan fingerprint density at radius 1 is 1.18 bits per heavy atom. The molecule has 0 aromatic heterocycles. The Morgan fingerprint density at radius 3 is 2.41 bits per heavy atom. The number of hydrogen-bond acceptors (Lipinski definition) is 3. The lowest BCUT2D eigenvalue weighted by molar-refractivity contribution is -0.122. The topological polar surface area (TPSA) is 37.4 Å². The molecule has 0 saturated carbocycles. The Labute approximate surface area is 112 Å². The zero-order valence-electron chi connectivity index (χ0n) is 8.93. The zero-order valence-corrected chi connectivity index (χ0v) is 11.3. The van der Waals surface area contributed by atoms with Gasteiger partial charge in [0.1, 0.15) is 0 Å². The fraction of sp³-hybridized carbons (Fsp3) is 0.333. The summed E-state index contributed by atoms with van der Waals surface area (Å²) in [5.41, 5.74) is 0.675. The van der Waals surface area contributed by atoms with Crippen molar-refractivity contribution in [3.63, 3.8) is 0 Å². The van der Waals surface area contributed by atoms with Crippen LogP contribution in [0.3, 0.4) is 0 Å². The summed E-state index contributed by atoms with van der Waals surface area (Å²) in [7, 11) is 0. The molecule has 2 saturated heterocycles. The summed E-state index contributed by atoms with van der Waals surface area (Å²) in [6.45, 7) is 0. The zero-order chi connectivity index (χ0) is 12.0. The van der Waals surface area contributed by atoms with E-state index in [2.05, 4.69) is 15.9 Å². The number of rotatable bonds is 1. The summed E-state index contributed by atoms with van der Waals surface area (Å²) < 4.78 is 0.877. The van der Waals surface area contributed by atoms with Gasteiger partial charge >= 0.3 is 0 Å². The van der Waals surface area contributed by atoms with Gasteiger partial charge < -0.3 is 0 Å². The van der Waals surface area contributed by atoms with Crippen molar-refractivity contribution in [2.75, 3.05) is 16.4 Å². The molecule has 17 heavy (non-hydrogen) atoms. The van der Waals surface area contributed by atoms with E-state index in [1.807, 2.05) is 18.2 Å². The fourth-order valence-electron chi connectivity index (χ4n) is 2.35. The third kappa shape index (κ3) is 1.72. The second-order valence-electron chi connectivity index (χ2n) is 4.24. The summed E-state index contributed by atoms with van der Waals surface area (Å²) in [4.78, 5) is 25.7. The Hall–Kier alpha value is -0.810. The van der Waals surface area contributed by atoms with Gasteiger partial charge in [0, 0.05) is 16.0 Å². The maximum Gasteiger partial charge on any atom is 0.238 e. The highest BCUT2D eigenvalue weighted by Gasteiger charge is 2.50. The molecule has 88 valence electrons. The van der Waals surface area contributed by atoms with E-state index in [1.54, 1.807) is 17.8 Å². The van der Waals surface area contributed by atoms with Crippen LogP contribution < -0.4 is 4.90 Å². The third-order valence-electron chi connectivity index (χ3n) is 3.22. The van der Waals surface area contributed by atoms with E-state index < -0.39 is 0 Å². The van der Waals surface area contributed by atoms with E-state index in [9.17, 15) is 9.59 Å². The average Bonchev–Trinajstić information content (AvgIpc) is 2.84. The molecule has 0 N–H and O–H groups in total. The molecule has 2 aliphatic rings. The first-order valence-electron chi connectivity index (χ1n) is 5.39. The van der Waals surface area contributed by atoms with E-state index in [4.69, 9.17) is 0 Å². The van der Waals surface area contributed by atoms with Gasteiger partial charge in [-0.15, -0.1) is 0 Å². The average molecular weight is 312 g/mol. The number of nitrogens with zero attached hydrogens (tertiary/aromatic N) is 1. The number of imide groups is 1. The molecular weight excluding hydrogens is 302 g/mol. The number of amides is 2. The monoisotopic (exact) mass is 311 g/mol. The maximum absolute atomic E-state index is 12.2. The van der Waals surface area contributed by atoms with Gasteiger partial charge in [-0.05, 0) is 18.2 Å². The summed E-state index contributed by atoms with van der Waals surface area (Å²) in [6.07, 6.45) is 0. The second-order valence-corrected chi connectivity index (χ2v) is 6.23. The van der Waals surface area contributed by atoms with Crippen LogP contribution in [0, 0.1) is 11.8 Å². The first kappa shape index (κ1) is 11.3. The standard InChI is InChI=1S/C12H10BrNO2S/c13-7-2-1-3-8(4-7)14-11(15)9-5-17-6-10(9)12(14)16/h1-4,9-10H,5-6H2/t9-,10+. The van der Waals surface area contributed by atoms with Crippen LogP contribution in [0.2, 0.25) is 0 Å². The van der Waals surface area contributed by atoms with Gasteiger partial charge in [0.2, 0.25) is 11.8 Å². The van der Waals surface area contributed by atoms with Crippen molar-refractivity contribution in [3.8, 4) is 0 Å². The Kier molecular flexibility index (Phi) is 2.75. The number of halogens is 1. The molecule has 0 spiro atoms. The molecule has 5 heteroatoms. The van der Waals surface area contributed by atoms with Gasteiger partial charge in [-0.2, -0.15) is 11.8 Å². The molecular formula is C12H10BrNO2S. The number of benzene rings is 1. The van der Waals surface area contributed by atoms with Crippen LogP contribution in [0.25, 0.3) is 0 Å². The van der Waals surface area contributed by atoms with Crippen LogP contribution in [-0.4, -0.2) is 23.3 Å². The quantitative estimate of drug-likeness (QED) is 0.747. The first-order chi connectivity index (χ1) is 8.18. The molecule has 2 heterocycles. The van der Waals surface area contributed by atoms with Crippen LogP contribution in [0.4, 0.5) is 5.69 Å². The van der Waals surface area contributed by atoms with Gasteiger partial charge in [-0.3, -0.25) is 9.59 Å².